The third-order valence-electron chi connectivity index (χ3n) is 3.95. The molecule has 0 bridgehead atoms. The normalized spacial score (nSPS) is 11.2. The summed E-state index contributed by atoms with van der Waals surface area (Å²) in [7, 11) is 0. The number of aromatic amines is 1. The van der Waals surface area contributed by atoms with Crippen LogP contribution in [0.25, 0.3) is 10.9 Å². The van der Waals surface area contributed by atoms with Gasteiger partial charge in [0.15, 0.2) is 5.69 Å². The van der Waals surface area contributed by atoms with E-state index in [4.69, 9.17) is 23.2 Å². The molecule has 2 amide bonds. The molecular formula is C19H16Cl2N4O3. The number of H-pyrrole nitrogens is 1. The van der Waals surface area contributed by atoms with Crippen LogP contribution in [-0.4, -0.2) is 28.4 Å². The second kappa shape index (κ2) is 8.86. The fourth-order valence-corrected chi connectivity index (χ4v) is 2.97. The summed E-state index contributed by atoms with van der Waals surface area (Å²) in [5.74, 6) is -0.969. The van der Waals surface area contributed by atoms with E-state index in [9.17, 15) is 14.7 Å². The highest BCUT2D eigenvalue weighted by Gasteiger charge is 2.12. The van der Waals surface area contributed by atoms with Crippen molar-refractivity contribution in [2.75, 3.05) is 6.54 Å². The highest BCUT2D eigenvalue weighted by atomic mass is 35.5. The van der Waals surface area contributed by atoms with Crippen molar-refractivity contribution < 1.29 is 14.7 Å². The minimum Gasteiger partial charge on any atom is -0.493 e. The summed E-state index contributed by atoms with van der Waals surface area (Å²) < 4.78 is 0. The van der Waals surface area contributed by atoms with E-state index in [1.165, 1.54) is 0 Å². The number of nitrogens with zero attached hydrogens (tertiary/aromatic N) is 2. The summed E-state index contributed by atoms with van der Waals surface area (Å²) in [6.07, 6.45) is 0.482. The zero-order valence-corrected chi connectivity index (χ0v) is 16.1. The molecule has 3 aromatic rings. The van der Waals surface area contributed by atoms with Gasteiger partial charge in [0, 0.05) is 23.4 Å². The van der Waals surface area contributed by atoms with Crippen molar-refractivity contribution in [2.24, 2.45) is 10.2 Å². The predicted octanol–water partition coefficient (Wildman–Crippen LogP) is 5.00. The Balaban J connectivity index is 1.52. The van der Waals surface area contributed by atoms with Gasteiger partial charge < -0.3 is 15.4 Å². The maximum Gasteiger partial charge on any atom is 0.264 e. The van der Waals surface area contributed by atoms with Crippen LogP contribution in [-0.2, 0) is 4.79 Å². The Hall–Kier alpha value is -2.90. The van der Waals surface area contributed by atoms with Crippen LogP contribution >= 0.6 is 23.2 Å². The molecule has 0 aliphatic heterocycles. The standard InChI is InChI=1S/C19H16Cl2N4O3/c20-11-7-8-15-13(10-11)17(19(28)23-15)25-24-16(26)6-3-9-22-18(27)12-4-1-2-5-14(12)21/h1-2,4-5,7-8,10,23,28H,3,6,9H2,(H,22,27). The van der Waals surface area contributed by atoms with Gasteiger partial charge in [-0.1, -0.05) is 35.3 Å². The number of benzene rings is 2. The van der Waals surface area contributed by atoms with Gasteiger partial charge in [-0.25, -0.2) is 0 Å². The van der Waals surface area contributed by atoms with E-state index in [0.717, 1.165) is 0 Å². The topological polar surface area (TPSA) is 107 Å². The maximum atomic E-state index is 12.0. The fraction of sp³-hybridized carbons (Fsp3) is 0.158. The number of amides is 2. The van der Waals surface area contributed by atoms with Gasteiger partial charge in [0.25, 0.3) is 11.8 Å². The number of azo groups is 1. The maximum absolute atomic E-state index is 12.0. The quantitative estimate of drug-likeness (QED) is 0.387. The lowest BCUT2D eigenvalue weighted by Gasteiger charge is -2.05. The van der Waals surface area contributed by atoms with Gasteiger partial charge in [0.2, 0.25) is 5.88 Å². The monoisotopic (exact) mass is 418 g/mol. The summed E-state index contributed by atoms with van der Waals surface area (Å²) >= 11 is 11.9. The lowest BCUT2D eigenvalue weighted by atomic mass is 10.2. The third kappa shape index (κ3) is 4.68. The molecule has 0 spiro atoms. The highest BCUT2D eigenvalue weighted by molar-refractivity contribution is 6.33. The van der Waals surface area contributed by atoms with Gasteiger partial charge in [0.05, 0.1) is 16.1 Å². The molecule has 0 aliphatic carbocycles. The van der Waals surface area contributed by atoms with Gasteiger partial charge in [-0.15, -0.1) is 10.2 Å². The summed E-state index contributed by atoms with van der Waals surface area (Å²) in [6, 6.07) is 11.7. The molecule has 0 unspecified atom stereocenters. The number of carbonyl (C=O) groups is 2. The average Bonchev–Trinajstić information content (AvgIpc) is 2.98. The van der Waals surface area contributed by atoms with Gasteiger partial charge in [-0.05, 0) is 36.8 Å². The van der Waals surface area contributed by atoms with Crippen molar-refractivity contribution in [1.82, 2.24) is 10.3 Å². The van der Waals surface area contributed by atoms with E-state index in [0.29, 0.717) is 39.5 Å². The Bertz CT molecular complexity index is 1060. The largest absolute Gasteiger partial charge is 0.493 e. The second-order valence-corrected chi connectivity index (χ2v) is 6.79. The average molecular weight is 419 g/mol. The molecule has 0 saturated heterocycles. The van der Waals surface area contributed by atoms with Crippen molar-refractivity contribution in [3.05, 3.63) is 58.1 Å². The van der Waals surface area contributed by atoms with Crippen LogP contribution in [0.2, 0.25) is 10.0 Å². The lowest BCUT2D eigenvalue weighted by molar-refractivity contribution is -0.118. The van der Waals surface area contributed by atoms with Crippen LogP contribution in [0.1, 0.15) is 23.2 Å². The Morgan fingerprint density at radius 2 is 1.93 bits per heavy atom. The number of aromatic hydroxyl groups is 1. The van der Waals surface area contributed by atoms with E-state index in [-0.39, 0.29) is 23.9 Å². The van der Waals surface area contributed by atoms with Crippen molar-refractivity contribution in [3.63, 3.8) is 0 Å². The Morgan fingerprint density at radius 3 is 2.71 bits per heavy atom. The highest BCUT2D eigenvalue weighted by Crippen LogP contribution is 2.36. The van der Waals surface area contributed by atoms with Crippen molar-refractivity contribution >= 4 is 51.6 Å². The summed E-state index contributed by atoms with van der Waals surface area (Å²) in [5.41, 5.74) is 1.16. The molecular weight excluding hydrogens is 403 g/mol. The Morgan fingerprint density at radius 1 is 1.14 bits per heavy atom. The number of nitrogens with one attached hydrogen (secondary N) is 2. The molecule has 0 saturated carbocycles. The molecule has 9 heteroatoms. The number of aromatic nitrogens is 1. The van der Waals surface area contributed by atoms with Crippen LogP contribution in [0, 0.1) is 0 Å². The second-order valence-electron chi connectivity index (χ2n) is 5.95. The van der Waals surface area contributed by atoms with Crippen LogP contribution in [0.5, 0.6) is 5.88 Å². The van der Waals surface area contributed by atoms with Gasteiger partial charge in [0.1, 0.15) is 0 Å². The fourth-order valence-electron chi connectivity index (χ4n) is 2.57. The SMILES string of the molecule is O=C(CCCNC(=O)c1ccccc1Cl)N=Nc1c(O)[nH]c2ccc(Cl)cc12. The molecule has 3 N–H and O–H groups in total. The van der Waals surface area contributed by atoms with Crippen molar-refractivity contribution in [3.8, 4) is 5.88 Å². The minimum absolute atomic E-state index is 0.0934. The third-order valence-corrected chi connectivity index (χ3v) is 4.51. The summed E-state index contributed by atoms with van der Waals surface area (Å²) in [4.78, 5) is 26.7. The predicted molar refractivity (Wildman–Crippen MR) is 108 cm³/mol. The van der Waals surface area contributed by atoms with Gasteiger partial charge >= 0.3 is 0 Å². The smallest absolute Gasteiger partial charge is 0.264 e. The first-order valence-corrected chi connectivity index (χ1v) is 9.19. The van der Waals surface area contributed by atoms with Crippen LogP contribution in [0.4, 0.5) is 5.69 Å². The van der Waals surface area contributed by atoms with E-state index in [2.05, 4.69) is 20.5 Å². The number of halogens is 2. The molecule has 144 valence electrons. The molecule has 0 atom stereocenters. The minimum atomic E-state index is -0.470. The first kappa shape index (κ1) is 19.9. The van der Waals surface area contributed by atoms with Crippen molar-refractivity contribution in [2.45, 2.75) is 12.8 Å². The van der Waals surface area contributed by atoms with Crippen LogP contribution in [0.15, 0.2) is 52.7 Å². The van der Waals surface area contributed by atoms with Gasteiger partial charge in [-0.3, -0.25) is 9.59 Å². The lowest BCUT2D eigenvalue weighted by Crippen LogP contribution is -2.25. The molecule has 0 aliphatic rings. The molecule has 1 heterocycles. The number of carbonyl (C=O) groups excluding carboxylic acids is 2. The Labute approximate surface area is 170 Å². The zero-order valence-electron chi connectivity index (χ0n) is 14.6. The summed E-state index contributed by atoms with van der Waals surface area (Å²) in [6.45, 7) is 0.291. The molecule has 0 radical (unpaired) electrons. The first-order chi connectivity index (χ1) is 13.5. The van der Waals surface area contributed by atoms with Crippen LogP contribution < -0.4 is 5.32 Å². The summed E-state index contributed by atoms with van der Waals surface area (Å²) in [5, 5.41) is 21.5. The van der Waals surface area contributed by atoms with Gasteiger partial charge in [-0.2, -0.15) is 0 Å². The number of hydrogen-bond acceptors (Lipinski definition) is 4. The van der Waals surface area contributed by atoms with E-state index in [1.54, 1.807) is 42.5 Å². The molecule has 2 aromatic carbocycles. The molecule has 3 rings (SSSR count). The first-order valence-electron chi connectivity index (χ1n) is 8.43. The molecule has 28 heavy (non-hydrogen) atoms. The zero-order chi connectivity index (χ0) is 20.1. The van der Waals surface area contributed by atoms with Crippen LogP contribution in [0.3, 0.4) is 0 Å². The van der Waals surface area contributed by atoms with E-state index in [1.807, 2.05) is 0 Å². The van der Waals surface area contributed by atoms with E-state index < -0.39 is 5.91 Å². The molecule has 0 fully saturated rings. The molecule has 1 aromatic heterocycles. The number of fused-ring (bicyclic) bond motifs is 1. The number of rotatable bonds is 6. The number of hydrogen-bond donors (Lipinski definition) is 3. The molecule has 7 nitrogen and oxygen atoms in total. The Kier molecular flexibility index (Phi) is 6.28. The van der Waals surface area contributed by atoms with E-state index >= 15 is 0 Å². The van der Waals surface area contributed by atoms with Crippen molar-refractivity contribution in [1.29, 1.82) is 0 Å².